The summed E-state index contributed by atoms with van der Waals surface area (Å²) < 4.78 is 0. The number of carboxylic acid groups (broad SMARTS) is 1. The summed E-state index contributed by atoms with van der Waals surface area (Å²) in [6.07, 6.45) is 0. The molecule has 1 unspecified atom stereocenters. The summed E-state index contributed by atoms with van der Waals surface area (Å²) in [6.45, 7) is 1.64. The molecular formula is C15H15ClN2O2. The molecule has 0 fully saturated rings. The molecule has 4 nitrogen and oxygen atoms in total. The molecule has 0 amide bonds. The van der Waals surface area contributed by atoms with Crippen LogP contribution in [-0.4, -0.2) is 11.1 Å². The van der Waals surface area contributed by atoms with E-state index in [9.17, 15) is 4.79 Å². The van der Waals surface area contributed by atoms with E-state index < -0.39 is 11.9 Å². The van der Waals surface area contributed by atoms with E-state index in [-0.39, 0.29) is 0 Å². The monoisotopic (exact) mass is 290 g/mol. The molecule has 0 radical (unpaired) electrons. The van der Waals surface area contributed by atoms with Gasteiger partial charge >= 0.3 is 5.97 Å². The van der Waals surface area contributed by atoms with Gasteiger partial charge in [-0.05, 0) is 48.9 Å². The first-order valence-corrected chi connectivity index (χ1v) is 6.50. The van der Waals surface area contributed by atoms with Gasteiger partial charge in [-0.3, -0.25) is 4.79 Å². The molecule has 0 aliphatic carbocycles. The van der Waals surface area contributed by atoms with E-state index in [1.165, 1.54) is 0 Å². The van der Waals surface area contributed by atoms with Crippen LogP contribution < -0.4 is 11.1 Å². The van der Waals surface area contributed by atoms with Gasteiger partial charge in [-0.15, -0.1) is 0 Å². The zero-order valence-corrected chi connectivity index (χ0v) is 11.7. The quantitative estimate of drug-likeness (QED) is 0.748. The molecule has 0 aliphatic rings. The second-order valence-corrected chi connectivity index (χ2v) is 4.95. The molecule has 2 aromatic carbocycles. The number of aliphatic carboxylic acids is 1. The number of carbonyl (C=O) groups is 1. The molecule has 2 rings (SSSR count). The van der Waals surface area contributed by atoms with Crippen molar-refractivity contribution in [2.24, 2.45) is 0 Å². The molecule has 104 valence electrons. The maximum atomic E-state index is 11.0. The van der Waals surface area contributed by atoms with Gasteiger partial charge < -0.3 is 16.2 Å². The van der Waals surface area contributed by atoms with Crippen LogP contribution in [0.1, 0.15) is 18.4 Å². The molecule has 0 saturated carbocycles. The van der Waals surface area contributed by atoms with E-state index in [1.54, 1.807) is 37.3 Å². The summed E-state index contributed by atoms with van der Waals surface area (Å²) in [4.78, 5) is 11.0. The molecular weight excluding hydrogens is 276 g/mol. The molecule has 4 N–H and O–H groups in total. The topological polar surface area (TPSA) is 75.3 Å². The predicted molar refractivity (Wildman–Crippen MR) is 81.6 cm³/mol. The number of rotatable bonds is 4. The van der Waals surface area contributed by atoms with Crippen LogP contribution in [0.2, 0.25) is 5.02 Å². The number of benzene rings is 2. The Bertz CT molecular complexity index is 626. The molecule has 1 atom stereocenters. The molecule has 20 heavy (non-hydrogen) atoms. The van der Waals surface area contributed by atoms with Crippen LogP contribution in [0.25, 0.3) is 0 Å². The lowest BCUT2D eigenvalue weighted by Crippen LogP contribution is -2.07. The summed E-state index contributed by atoms with van der Waals surface area (Å²) in [5.74, 6) is -1.45. The highest BCUT2D eigenvalue weighted by atomic mass is 35.5. The predicted octanol–water partition coefficient (Wildman–Crippen LogP) is 3.85. The van der Waals surface area contributed by atoms with Crippen LogP contribution in [0.4, 0.5) is 17.1 Å². The summed E-state index contributed by atoms with van der Waals surface area (Å²) >= 11 is 6.13. The Morgan fingerprint density at radius 3 is 2.50 bits per heavy atom. The van der Waals surface area contributed by atoms with Gasteiger partial charge in [-0.2, -0.15) is 0 Å². The van der Waals surface area contributed by atoms with Gasteiger partial charge in [0, 0.05) is 11.4 Å². The molecule has 0 bridgehead atoms. The number of nitrogens with two attached hydrogens (primary N) is 1. The van der Waals surface area contributed by atoms with Crippen LogP contribution in [0, 0.1) is 0 Å². The van der Waals surface area contributed by atoms with Gasteiger partial charge in [0.1, 0.15) is 0 Å². The number of carboxylic acids is 1. The molecule has 0 aromatic heterocycles. The highest BCUT2D eigenvalue weighted by Gasteiger charge is 2.15. The van der Waals surface area contributed by atoms with Crippen molar-refractivity contribution in [1.82, 2.24) is 0 Å². The van der Waals surface area contributed by atoms with Gasteiger partial charge in [0.2, 0.25) is 0 Å². The Morgan fingerprint density at radius 1 is 1.25 bits per heavy atom. The summed E-state index contributed by atoms with van der Waals surface area (Å²) in [7, 11) is 0. The van der Waals surface area contributed by atoms with Gasteiger partial charge in [-0.25, -0.2) is 0 Å². The molecule has 0 heterocycles. The van der Waals surface area contributed by atoms with Gasteiger partial charge in [0.15, 0.2) is 0 Å². The van der Waals surface area contributed by atoms with Gasteiger partial charge in [-0.1, -0.05) is 17.7 Å². The van der Waals surface area contributed by atoms with E-state index in [0.29, 0.717) is 22.0 Å². The number of hydrogen-bond donors (Lipinski definition) is 3. The van der Waals surface area contributed by atoms with Crippen molar-refractivity contribution in [2.45, 2.75) is 12.8 Å². The lowest BCUT2D eigenvalue weighted by Gasteiger charge is -2.13. The third-order valence-electron chi connectivity index (χ3n) is 3.05. The maximum absolute atomic E-state index is 11.0. The Balaban J connectivity index is 2.29. The number of hydrogen-bond acceptors (Lipinski definition) is 3. The SMILES string of the molecule is CC(C(=O)O)c1ccc(Cl)c(Nc2ccc(N)cc2)c1. The van der Waals surface area contributed by atoms with Crippen molar-refractivity contribution in [2.75, 3.05) is 11.1 Å². The van der Waals surface area contributed by atoms with Gasteiger partial charge in [0.25, 0.3) is 0 Å². The van der Waals surface area contributed by atoms with Crippen molar-refractivity contribution in [1.29, 1.82) is 0 Å². The number of nitrogens with one attached hydrogen (secondary N) is 1. The van der Waals surface area contributed by atoms with E-state index in [4.69, 9.17) is 22.4 Å². The maximum Gasteiger partial charge on any atom is 0.310 e. The van der Waals surface area contributed by atoms with Crippen molar-refractivity contribution >= 4 is 34.6 Å². The van der Waals surface area contributed by atoms with Crippen LogP contribution in [0.15, 0.2) is 42.5 Å². The summed E-state index contributed by atoms with van der Waals surface area (Å²) in [5, 5.41) is 12.7. The first-order valence-electron chi connectivity index (χ1n) is 6.12. The number of halogens is 1. The van der Waals surface area contributed by atoms with E-state index >= 15 is 0 Å². The smallest absolute Gasteiger partial charge is 0.310 e. The minimum Gasteiger partial charge on any atom is -0.481 e. The highest BCUT2D eigenvalue weighted by molar-refractivity contribution is 6.33. The van der Waals surface area contributed by atoms with Crippen molar-refractivity contribution < 1.29 is 9.90 Å². The molecule has 2 aromatic rings. The Kier molecular flexibility index (Phi) is 4.15. The van der Waals surface area contributed by atoms with Gasteiger partial charge in [0.05, 0.1) is 16.6 Å². The minimum atomic E-state index is -0.870. The van der Waals surface area contributed by atoms with E-state index in [0.717, 1.165) is 5.69 Å². The molecule has 0 aliphatic heterocycles. The fourth-order valence-corrected chi connectivity index (χ4v) is 1.94. The van der Waals surface area contributed by atoms with Crippen molar-refractivity contribution in [3.05, 3.63) is 53.1 Å². The largest absolute Gasteiger partial charge is 0.481 e. The third kappa shape index (κ3) is 3.22. The van der Waals surface area contributed by atoms with Crippen molar-refractivity contribution in [3.63, 3.8) is 0 Å². The standard InChI is InChI=1S/C15H15ClN2O2/c1-9(15(19)20)10-2-7-13(16)14(8-10)18-12-5-3-11(17)4-6-12/h2-9,18H,17H2,1H3,(H,19,20). The zero-order valence-electron chi connectivity index (χ0n) is 10.9. The number of nitrogen functional groups attached to an aromatic ring is 1. The first-order chi connectivity index (χ1) is 9.47. The lowest BCUT2D eigenvalue weighted by molar-refractivity contribution is -0.138. The molecule has 5 heteroatoms. The Labute approximate surface area is 122 Å². The van der Waals surface area contributed by atoms with Crippen LogP contribution in [0.3, 0.4) is 0 Å². The van der Waals surface area contributed by atoms with E-state index in [2.05, 4.69) is 5.32 Å². The van der Waals surface area contributed by atoms with Crippen LogP contribution in [0.5, 0.6) is 0 Å². The zero-order chi connectivity index (χ0) is 14.7. The third-order valence-corrected chi connectivity index (χ3v) is 3.38. The van der Waals surface area contributed by atoms with Crippen LogP contribution >= 0.6 is 11.6 Å². The average Bonchev–Trinajstić information content (AvgIpc) is 2.43. The molecule has 0 saturated heterocycles. The lowest BCUT2D eigenvalue weighted by atomic mass is 10.0. The Morgan fingerprint density at radius 2 is 1.90 bits per heavy atom. The van der Waals surface area contributed by atoms with Crippen molar-refractivity contribution in [3.8, 4) is 0 Å². The fraction of sp³-hybridized carbons (Fsp3) is 0.133. The molecule has 0 spiro atoms. The number of anilines is 3. The average molecular weight is 291 g/mol. The second-order valence-electron chi connectivity index (χ2n) is 4.55. The van der Waals surface area contributed by atoms with Crippen LogP contribution in [-0.2, 0) is 4.79 Å². The summed E-state index contributed by atoms with van der Waals surface area (Å²) in [6, 6.07) is 12.4. The normalized spacial score (nSPS) is 11.9. The second kappa shape index (κ2) is 5.84. The fourth-order valence-electron chi connectivity index (χ4n) is 1.77. The first kappa shape index (κ1) is 14.2. The minimum absolute atomic E-state index is 0.531. The summed E-state index contributed by atoms with van der Waals surface area (Å²) in [5.41, 5.74) is 8.50. The Hall–Kier alpha value is -2.20. The van der Waals surface area contributed by atoms with E-state index in [1.807, 2.05) is 12.1 Å². The highest BCUT2D eigenvalue weighted by Crippen LogP contribution is 2.29.